The number of methoxy groups -OCH3 is 1. The van der Waals surface area contributed by atoms with Gasteiger partial charge in [0, 0.05) is 85.6 Å². The number of carbonyl (C=O) groups excluding carboxylic acids is 3. The molecule has 3 aliphatic heterocycles. The summed E-state index contributed by atoms with van der Waals surface area (Å²) in [6.45, 7) is 13.5. The Hall–Kier alpha value is -3.13. The van der Waals surface area contributed by atoms with E-state index < -0.39 is 29.4 Å². The Morgan fingerprint density at radius 1 is 1.06 bits per heavy atom. The Kier molecular flexibility index (Phi) is 21.2. The monoisotopic (exact) mass is 1020 g/mol. The number of aryl methyl sites for hydroxylation is 1. The summed E-state index contributed by atoms with van der Waals surface area (Å²) >= 11 is 1.45. The first-order chi connectivity index (χ1) is 29.4. The summed E-state index contributed by atoms with van der Waals surface area (Å²) in [6.07, 6.45) is 5.65. The van der Waals surface area contributed by atoms with Crippen LogP contribution in [-0.2, 0) is 43.2 Å². The number of likely N-dealkylation sites (N-methyl/N-ethyl adjacent to an activating group) is 1. The average Bonchev–Trinajstić information content (AvgIpc) is 4.02. The normalized spacial score (nSPS) is 22.4. The molecule has 0 spiro atoms. The number of rotatable bonds is 7. The molecular formula is C46H69N9O5S6. The summed E-state index contributed by atoms with van der Waals surface area (Å²) in [5.41, 5.74) is 10.6. The third-order valence-corrected chi connectivity index (χ3v) is 14.0. The highest BCUT2D eigenvalue weighted by atomic mass is 32.1. The summed E-state index contributed by atoms with van der Waals surface area (Å²) in [4.78, 5) is 56.8. The lowest BCUT2D eigenvalue weighted by Gasteiger charge is -2.35. The van der Waals surface area contributed by atoms with Crippen LogP contribution in [0, 0.1) is 28.6 Å². The molecule has 20 heteroatoms. The second-order valence-corrected chi connectivity index (χ2v) is 19.0. The minimum Gasteiger partial charge on any atom is -0.464 e. The predicted octanol–water partition coefficient (Wildman–Crippen LogP) is 6.46. The van der Waals surface area contributed by atoms with Crippen molar-refractivity contribution in [2.75, 3.05) is 58.4 Å². The van der Waals surface area contributed by atoms with E-state index in [4.69, 9.17) is 19.4 Å². The average molecular weight is 1020 g/mol. The number of ether oxygens (including phenoxy) is 2. The van der Waals surface area contributed by atoms with Crippen molar-refractivity contribution in [2.45, 2.75) is 97.4 Å². The zero-order chi connectivity index (χ0) is 43.0. The number of piperazine rings is 1. The second-order valence-electron chi connectivity index (χ2n) is 18.0. The third kappa shape index (κ3) is 12.0. The Balaban J connectivity index is 0.00000231. The third-order valence-electron chi connectivity index (χ3n) is 13.1. The first kappa shape index (κ1) is 57.2. The molecule has 4 aliphatic rings. The van der Waals surface area contributed by atoms with E-state index in [9.17, 15) is 19.6 Å². The number of aromatic nitrogens is 3. The van der Waals surface area contributed by atoms with Crippen LogP contribution in [0.25, 0.3) is 33.4 Å². The quantitative estimate of drug-likeness (QED) is 0.196. The van der Waals surface area contributed by atoms with E-state index in [1.807, 2.05) is 18.5 Å². The van der Waals surface area contributed by atoms with Crippen LogP contribution in [-0.4, -0.2) is 108 Å². The number of fused-ring (bicyclic) bond motifs is 6. The van der Waals surface area contributed by atoms with Crippen molar-refractivity contribution in [2.24, 2.45) is 17.3 Å². The number of carbonyl (C=O) groups is 3. The van der Waals surface area contributed by atoms with E-state index in [1.54, 1.807) is 7.11 Å². The van der Waals surface area contributed by atoms with Gasteiger partial charge in [0.1, 0.15) is 12.1 Å². The fourth-order valence-corrected chi connectivity index (χ4v) is 10.4. The molecule has 3 aromatic heterocycles. The first-order valence-corrected chi connectivity index (χ1v) is 22.8. The lowest BCUT2D eigenvalue weighted by atomic mass is 9.84. The Morgan fingerprint density at radius 2 is 1.80 bits per heavy atom. The number of pyridine rings is 1. The standard InChI is InChI=1S/C46H59N9O5S.5H2S/c1-7-54-39-14-13-29-20-33(39)35(42(54)34-21-31(25-48-41(34)28(2)59-6)53-18-16-52(5)17-19-53)23-46(3,4)27-60-45(58)36-12-9-15-55(51-36)44(57)37(22-40-49-38(29)26-61-40)50-43(56)32-11-8-10-30(32)24-47;;;;;/h13-14,20-21,25-26,28,30,32,36-37,51H,7-12,15-19,22-23,27H2,1-6H3,(H,50,56);5*1H2/t28-,30+,32-,36-,37-;;;;;/m0...../s1. The largest absolute Gasteiger partial charge is 0.464 e. The highest BCUT2D eigenvalue weighted by Crippen LogP contribution is 2.43. The molecule has 3 fully saturated rings. The van der Waals surface area contributed by atoms with Gasteiger partial charge >= 0.3 is 5.97 Å². The van der Waals surface area contributed by atoms with Gasteiger partial charge in [0.2, 0.25) is 5.91 Å². The van der Waals surface area contributed by atoms with Crippen LogP contribution in [0.15, 0.2) is 35.8 Å². The number of nitrogens with one attached hydrogen (secondary N) is 2. The van der Waals surface area contributed by atoms with Crippen LogP contribution in [0.5, 0.6) is 0 Å². The van der Waals surface area contributed by atoms with Gasteiger partial charge in [-0.3, -0.25) is 24.4 Å². The Morgan fingerprint density at radius 3 is 2.50 bits per heavy atom. The number of nitriles is 1. The van der Waals surface area contributed by atoms with Crippen LogP contribution < -0.4 is 15.6 Å². The van der Waals surface area contributed by atoms with Gasteiger partial charge in [0.25, 0.3) is 5.91 Å². The minimum absolute atomic E-state index is 0. The van der Waals surface area contributed by atoms with Gasteiger partial charge in [0.05, 0.1) is 64.6 Å². The lowest BCUT2D eigenvalue weighted by molar-refractivity contribution is -0.155. The Bertz CT molecular complexity index is 2350. The van der Waals surface area contributed by atoms with Crippen molar-refractivity contribution in [3.63, 3.8) is 0 Å². The molecule has 364 valence electrons. The van der Waals surface area contributed by atoms with E-state index in [-0.39, 0.29) is 104 Å². The summed E-state index contributed by atoms with van der Waals surface area (Å²) in [6, 6.07) is 9.40. The van der Waals surface area contributed by atoms with Crippen molar-refractivity contribution in [3.05, 3.63) is 52.1 Å². The molecule has 1 aromatic carbocycles. The molecule has 1 aliphatic carbocycles. The van der Waals surface area contributed by atoms with E-state index >= 15 is 0 Å². The number of esters is 1. The number of nitrogens with zero attached hydrogens (tertiary/aromatic N) is 7. The molecule has 4 aromatic rings. The zero-order valence-corrected chi connectivity index (χ0v) is 44.6. The van der Waals surface area contributed by atoms with E-state index in [2.05, 4.69) is 83.3 Å². The van der Waals surface area contributed by atoms with Gasteiger partial charge in [-0.05, 0) is 76.8 Å². The van der Waals surface area contributed by atoms with Crippen LogP contribution in [0.1, 0.15) is 82.2 Å². The Labute approximate surface area is 428 Å². The molecule has 2 amide bonds. The summed E-state index contributed by atoms with van der Waals surface area (Å²) < 4.78 is 14.5. The van der Waals surface area contributed by atoms with Gasteiger partial charge in [-0.1, -0.05) is 26.3 Å². The number of benzene rings is 1. The number of anilines is 1. The van der Waals surface area contributed by atoms with E-state index in [1.165, 1.54) is 16.3 Å². The highest BCUT2D eigenvalue weighted by molar-refractivity contribution is 7.60. The number of amides is 2. The number of hydrogen-bond acceptors (Lipinski definition) is 12. The maximum absolute atomic E-state index is 14.3. The van der Waals surface area contributed by atoms with Crippen LogP contribution >= 0.6 is 78.8 Å². The summed E-state index contributed by atoms with van der Waals surface area (Å²) in [7, 11) is 3.88. The van der Waals surface area contributed by atoms with Crippen LogP contribution in [0.2, 0.25) is 0 Å². The van der Waals surface area contributed by atoms with Crippen molar-refractivity contribution in [1.82, 2.24) is 35.2 Å². The minimum atomic E-state index is -0.944. The van der Waals surface area contributed by atoms with Crippen LogP contribution in [0.4, 0.5) is 5.69 Å². The molecule has 1 saturated carbocycles. The molecule has 8 rings (SSSR count). The fourth-order valence-electron chi connectivity index (χ4n) is 9.54. The fraction of sp³-hybridized carbons (Fsp3) is 0.565. The van der Waals surface area contributed by atoms with Gasteiger partial charge in [-0.2, -0.15) is 72.7 Å². The zero-order valence-electron chi connectivity index (χ0n) is 38.8. The number of thiazole rings is 1. The van der Waals surface area contributed by atoms with E-state index in [0.29, 0.717) is 50.2 Å². The molecular weight excluding hydrogens is 951 g/mol. The smallest absolute Gasteiger partial charge is 0.324 e. The van der Waals surface area contributed by atoms with Crippen LogP contribution in [0.3, 0.4) is 0 Å². The number of cyclic esters (lactones) is 1. The molecule has 14 nitrogen and oxygen atoms in total. The highest BCUT2D eigenvalue weighted by Gasteiger charge is 2.39. The van der Waals surface area contributed by atoms with Crippen molar-refractivity contribution in [1.29, 1.82) is 5.26 Å². The first-order valence-electron chi connectivity index (χ1n) is 21.9. The molecule has 0 unspecified atom stereocenters. The number of hydrazine groups is 1. The predicted molar refractivity (Wildman–Crippen MR) is 287 cm³/mol. The SMILES string of the molecule is CCn1c(-c2cc(N3CCN(C)CC3)cnc2[C@H](C)OC)c2c3cc(ccc31)-c1csc(n1)C[C@H](NC(=O)[C@H]1CCC[C@@H]1C#N)C(=O)N1CCC[C@H](N1)C(=O)OCC(C)(C)C2.S.S.S.S.S. The molecule has 0 radical (unpaired) electrons. The second kappa shape index (κ2) is 24.4. The summed E-state index contributed by atoms with van der Waals surface area (Å²) in [5, 5.41) is 18.0. The van der Waals surface area contributed by atoms with Gasteiger partial charge in [-0.25, -0.2) is 10.4 Å². The molecule has 66 heavy (non-hydrogen) atoms. The molecule has 2 saturated heterocycles. The van der Waals surface area contributed by atoms with E-state index in [0.717, 1.165) is 83.0 Å². The molecule has 6 heterocycles. The molecule has 5 atom stereocenters. The maximum Gasteiger partial charge on any atom is 0.324 e. The summed E-state index contributed by atoms with van der Waals surface area (Å²) in [5.74, 6) is -1.91. The molecule has 6 bridgehead atoms. The topological polar surface area (TPSA) is 158 Å². The van der Waals surface area contributed by atoms with Crippen molar-refractivity contribution >= 4 is 113 Å². The lowest BCUT2D eigenvalue weighted by Crippen LogP contribution is -2.60. The van der Waals surface area contributed by atoms with Crippen molar-refractivity contribution in [3.8, 4) is 28.6 Å². The van der Waals surface area contributed by atoms with Gasteiger partial charge in [0.15, 0.2) is 0 Å². The number of hydrogen-bond donors (Lipinski definition) is 2. The molecule has 2 N–H and O–H groups in total. The van der Waals surface area contributed by atoms with Gasteiger partial charge in [-0.15, -0.1) is 11.3 Å². The van der Waals surface area contributed by atoms with Crippen molar-refractivity contribution < 1.29 is 23.9 Å². The van der Waals surface area contributed by atoms with Gasteiger partial charge < -0.3 is 29.2 Å². The maximum atomic E-state index is 14.3.